The summed E-state index contributed by atoms with van der Waals surface area (Å²) in [5.41, 5.74) is -3.48. The molecule has 125 heavy (non-hydrogen) atoms. The molecule has 11 fully saturated rings. The van der Waals surface area contributed by atoms with Crippen LogP contribution < -0.4 is 36.3 Å². The molecule has 11 aliphatic carbocycles. The molecule has 2 amide bonds. The van der Waals surface area contributed by atoms with Gasteiger partial charge in [0.1, 0.15) is 52.3 Å². The largest absolute Gasteiger partial charge is 0.534 e. The lowest BCUT2D eigenvalue weighted by atomic mass is 9.83. The fourth-order valence-electron chi connectivity index (χ4n) is 15.6. The van der Waals surface area contributed by atoms with Crippen LogP contribution in [0.3, 0.4) is 0 Å². The van der Waals surface area contributed by atoms with Crippen LogP contribution in [0.5, 0.6) is 5.88 Å². The van der Waals surface area contributed by atoms with Crippen LogP contribution in [0.25, 0.3) is 4.85 Å². The summed E-state index contributed by atoms with van der Waals surface area (Å²) < 4.78 is 180. The number of nitrogens with two attached hydrogens (primary N) is 1. The Morgan fingerprint density at radius 1 is 0.560 bits per heavy atom. The van der Waals surface area contributed by atoms with Gasteiger partial charge in [-0.25, -0.2) is 21.3 Å². The number of fused-ring (bicyclic) bond motifs is 3. The quantitative estimate of drug-likeness (QED) is 0.0250. The van der Waals surface area contributed by atoms with Crippen molar-refractivity contribution in [3.8, 4) is 24.1 Å². The van der Waals surface area contributed by atoms with Crippen molar-refractivity contribution < 1.29 is 106 Å². The summed E-state index contributed by atoms with van der Waals surface area (Å²) in [5, 5.41) is 38.7. The molecule has 29 nitrogen and oxygen atoms in total. The number of piperidine rings is 1. The number of nitrogens with zero attached hydrogens (tertiary/aromatic N) is 8. The van der Waals surface area contributed by atoms with Crippen molar-refractivity contribution in [2.24, 2.45) is 35.3 Å². The highest BCUT2D eigenvalue weighted by Gasteiger charge is 2.58. The molecule has 14 aliphatic rings. The van der Waals surface area contributed by atoms with Gasteiger partial charge < -0.3 is 50.2 Å². The summed E-state index contributed by atoms with van der Waals surface area (Å²) in [4.78, 5) is 95.5. The Bertz CT molecular complexity index is 4970. The number of nitriles is 3. The van der Waals surface area contributed by atoms with Gasteiger partial charge in [0.05, 0.1) is 23.7 Å². The van der Waals surface area contributed by atoms with E-state index >= 15 is 0 Å². The molecule has 42 heteroatoms. The molecule has 0 bridgehead atoms. The number of amides is 2. The molecule has 6 N–H and O–H groups in total. The fraction of sp³-hybridized carbons (Fsp3) is 0.699. The van der Waals surface area contributed by atoms with E-state index in [9.17, 15) is 109 Å². The number of ketones is 3. The number of carbonyl (C=O) groups is 6. The first-order valence-electron chi connectivity index (χ1n) is 42.6. The summed E-state index contributed by atoms with van der Waals surface area (Å²) in [6, 6.07) is 7.77. The Hall–Kier alpha value is -8.42. The topological polar surface area (TPSA) is 435 Å². The molecular weight excluding hydrogens is 1740 g/mol. The van der Waals surface area contributed by atoms with E-state index < -0.39 is 64.3 Å². The van der Waals surface area contributed by atoms with Crippen LogP contribution in [0.15, 0.2) is 4.79 Å². The summed E-state index contributed by atoms with van der Waals surface area (Å²) in [5.74, 6) is 3.76. The van der Waals surface area contributed by atoms with Gasteiger partial charge >= 0.3 is 53.0 Å². The van der Waals surface area contributed by atoms with Crippen molar-refractivity contribution in [1.29, 1.82) is 15.8 Å². The summed E-state index contributed by atoms with van der Waals surface area (Å²) >= 11 is 5.04. The van der Waals surface area contributed by atoms with Crippen LogP contribution in [0, 0.1) is 70.2 Å². The van der Waals surface area contributed by atoms with E-state index in [-0.39, 0.29) is 76.6 Å². The molecule has 0 aromatic carbocycles. The number of aromatic amines is 1. The van der Waals surface area contributed by atoms with Crippen LogP contribution in [0.1, 0.15) is 273 Å². The highest BCUT2D eigenvalue weighted by molar-refractivity contribution is 8.00. The SMILES string of the molecule is C1CN[C@H](C2CC2)CN1.CC(C)(C)OC(=O)N1CCCC(=O)C1.N#Cc1c(N2CCN[C@H](C3CC3)C2)nc(C2CC2)c2c1CCCC2.N#Cc1c(OS(=O)(=O)C(F)(F)F)nc(C2CC2)c2c1CCCC2.N#Cc1c2c(c(C3CC3)[nH]c1=O)CCCC2.O=C(Cl)C1CC1.O=C1CCCCC1C(=O)C1CC1.O=S(=O)(OS(=O)(=O)C(F)(F)F)C(F)(F)F.[C-]#[N+]CC(N)=O. The number of piperazine rings is 2. The molecular formula is C83H107ClF9N13O16S3. The van der Waals surface area contributed by atoms with Crippen molar-refractivity contribution in [3.05, 3.63) is 88.9 Å². The number of hydrogen-bond acceptors (Lipinski definition) is 25. The molecule has 3 saturated heterocycles. The van der Waals surface area contributed by atoms with Crippen LogP contribution in [-0.2, 0) is 101 Å². The van der Waals surface area contributed by atoms with E-state index in [0.717, 1.165) is 181 Å². The smallest absolute Gasteiger partial charge is 0.444 e. The van der Waals surface area contributed by atoms with Gasteiger partial charge in [-0.3, -0.25) is 28.8 Å². The summed E-state index contributed by atoms with van der Waals surface area (Å²) in [7, 11) is -19.5. The second-order valence-electron chi connectivity index (χ2n) is 34.4. The minimum atomic E-state index is -6.85. The molecule has 8 saturated carbocycles. The zero-order valence-corrected chi connectivity index (χ0v) is 73.2. The number of aromatic nitrogens is 3. The van der Waals surface area contributed by atoms with Crippen molar-refractivity contribution in [3.63, 3.8) is 0 Å². The van der Waals surface area contributed by atoms with E-state index in [1.54, 1.807) is 6.07 Å². The van der Waals surface area contributed by atoms with Crippen molar-refractivity contribution >= 4 is 82.4 Å². The summed E-state index contributed by atoms with van der Waals surface area (Å²) in [6.45, 7) is 18.7. The molecule has 688 valence electrons. The average molecular weight is 1850 g/mol. The Kier molecular flexibility index (Phi) is 35.0. The molecule has 1 unspecified atom stereocenters. The zero-order valence-electron chi connectivity index (χ0n) is 70.0. The third-order valence-electron chi connectivity index (χ3n) is 23.0. The Balaban J connectivity index is 0.000000164. The van der Waals surface area contributed by atoms with Gasteiger partial charge in [-0.1, -0.05) is 6.42 Å². The number of anilines is 1. The maximum Gasteiger partial charge on any atom is 0.534 e. The standard InChI is InChI=1S/C20H26N4.C14H13F3N2O3S.C13H14N2O.C10H17NO3.C10H14O2.C7H14N2.C4H5ClO.C3H4N2O.C2F6O5S2/c21-11-17-15-3-1-2-4-16(15)19(14-7-8-14)23-20(17)24-10-9-22-18(12-24)13-5-6-13;15-14(16,17)23(20,21)22-13-11(7-18)9-3-1-2-4-10(9)12(19-13)8-5-6-8;14-7-11-9-3-1-2-4-10(9)12(8-5-6-8)15-13(11)16;1-10(2,3)14-9(13)11-6-4-5-8(12)7-11;11-9-4-2-1-3-8(9)10(12)7-5-6-7;1-2-6(1)7-5-8-3-4-9-7;5-4(6)3-1-2-3;1-5-2-3(4)6;3-1(4,5)14(9,10)13-15(11,12)2(6,7)8/h13-14,18,22H,1-10,12H2;8H,1-6H2;8H,1-6H2,(H,15,16);4-7H2,1-3H3;7-8H,1-6H2;6-9H,1-5H2;3H,1-2H2;2H2,(H2,4,6);/t18-;;;;;7-;;;/m0....0.../s1. The van der Waals surface area contributed by atoms with Gasteiger partial charge in [-0.2, -0.15) is 80.6 Å². The van der Waals surface area contributed by atoms with E-state index in [1.165, 1.54) is 111 Å². The van der Waals surface area contributed by atoms with E-state index in [2.05, 4.69) is 57.7 Å². The lowest BCUT2D eigenvalue weighted by molar-refractivity contribution is -0.135. The number of hydrogen-bond donors (Lipinski definition) is 5. The Labute approximate surface area is 726 Å². The molecule has 3 atom stereocenters. The number of halogens is 10. The second-order valence-corrected chi connectivity index (χ2v) is 39.6. The fourth-order valence-corrected chi connectivity index (χ4v) is 17.8. The van der Waals surface area contributed by atoms with E-state index in [1.807, 2.05) is 24.4 Å². The molecule has 6 heterocycles. The number of carbonyl (C=O) groups excluding carboxylic acids is 6. The van der Waals surface area contributed by atoms with Gasteiger partial charge in [0, 0.05) is 106 Å². The number of ether oxygens (including phenoxy) is 1. The number of primary amides is 1. The van der Waals surface area contributed by atoms with E-state index in [4.69, 9.17) is 33.2 Å². The third-order valence-corrected chi connectivity index (χ3v) is 26.8. The van der Waals surface area contributed by atoms with Gasteiger partial charge in [0.25, 0.3) is 23.9 Å². The van der Waals surface area contributed by atoms with Crippen molar-refractivity contribution in [2.45, 2.75) is 278 Å². The lowest BCUT2D eigenvalue weighted by Gasteiger charge is -2.36. The number of H-pyrrole nitrogens is 1. The van der Waals surface area contributed by atoms with Crippen LogP contribution in [0.4, 0.5) is 50.1 Å². The van der Waals surface area contributed by atoms with Crippen molar-refractivity contribution in [1.82, 2.24) is 35.8 Å². The van der Waals surface area contributed by atoms with Crippen LogP contribution >= 0.6 is 11.6 Å². The average Bonchev–Trinajstić information content (AvgIpc) is 1.75. The maximum absolute atomic E-state index is 12.5. The first-order chi connectivity index (χ1) is 58.8. The number of likely N-dealkylation sites (tertiary alicyclic amines) is 1. The Morgan fingerprint density at radius 2 is 1.04 bits per heavy atom. The molecule has 3 aliphatic heterocycles. The third kappa shape index (κ3) is 29.6. The predicted octanol–water partition coefficient (Wildman–Crippen LogP) is 12.4. The van der Waals surface area contributed by atoms with Crippen molar-refractivity contribution in [2.75, 3.05) is 63.8 Å². The number of rotatable bonds is 14. The van der Waals surface area contributed by atoms with Gasteiger partial charge in [0.2, 0.25) is 5.24 Å². The molecule has 0 radical (unpaired) electrons. The maximum atomic E-state index is 12.5. The van der Waals surface area contributed by atoms with Gasteiger partial charge in [-0.15, -0.1) is 3.63 Å². The van der Waals surface area contributed by atoms with Crippen LogP contribution in [0.2, 0.25) is 0 Å². The highest BCUT2D eigenvalue weighted by atomic mass is 35.5. The highest BCUT2D eigenvalue weighted by Crippen LogP contribution is 2.49. The Morgan fingerprint density at radius 3 is 1.46 bits per heavy atom. The van der Waals surface area contributed by atoms with Gasteiger partial charge in [0.15, 0.2) is 5.78 Å². The number of alkyl halides is 9. The molecule has 0 spiro atoms. The van der Waals surface area contributed by atoms with E-state index in [0.29, 0.717) is 66.9 Å². The second kappa shape index (κ2) is 43.6. The van der Waals surface area contributed by atoms with Crippen LogP contribution in [-0.4, -0.2) is 173 Å². The predicted molar refractivity (Wildman–Crippen MR) is 437 cm³/mol. The first-order valence-corrected chi connectivity index (χ1v) is 47.2. The minimum absolute atomic E-state index is 0.113. The summed E-state index contributed by atoms with van der Waals surface area (Å²) in [6.07, 6.45) is 32.7. The molecule has 3 aromatic heterocycles. The zero-order chi connectivity index (χ0) is 91.7. The number of pyridine rings is 3. The number of Topliss-reactive ketones (excluding diaryl/α,β-unsaturated/α-hetero) is 3. The number of nitrogens with one attached hydrogen (secondary N) is 4. The molecule has 3 aromatic rings. The monoisotopic (exact) mass is 1840 g/mol. The lowest BCUT2D eigenvalue weighted by Crippen LogP contribution is -2.52. The normalized spacial score (nSPS) is 21.7. The van der Waals surface area contributed by atoms with Gasteiger partial charge in [-0.05, 0) is 270 Å². The molecule has 17 rings (SSSR count). The minimum Gasteiger partial charge on any atom is -0.444 e. The first kappa shape index (κ1) is 100.